The third-order valence-electron chi connectivity index (χ3n) is 4.12. The normalized spacial score (nSPS) is 15.0. The highest BCUT2D eigenvalue weighted by Gasteiger charge is 2.24. The first-order valence-electron chi connectivity index (χ1n) is 8.89. The molecule has 0 amide bonds. The minimum Gasteiger partial charge on any atom is -0.462 e. The Kier molecular flexibility index (Phi) is 6.14. The summed E-state index contributed by atoms with van der Waals surface area (Å²) in [6.45, 7) is 4.81. The van der Waals surface area contributed by atoms with Gasteiger partial charge in [0.15, 0.2) is 5.78 Å². The quantitative estimate of drug-likeness (QED) is 0.236. The number of nitrogens with zero attached hydrogens (tertiary/aromatic N) is 1. The molecule has 1 aliphatic rings. The lowest BCUT2D eigenvalue weighted by atomic mass is 10.0. The molecule has 27 heavy (non-hydrogen) atoms. The second-order valence-electron chi connectivity index (χ2n) is 5.81. The van der Waals surface area contributed by atoms with E-state index in [1.807, 2.05) is 24.3 Å². The fourth-order valence-corrected chi connectivity index (χ4v) is 3.98. The van der Waals surface area contributed by atoms with Crippen LogP contribution in [0.15, 0.2) is 82.2 Å². The van der Waals surface area contributed by atoms with Crippen molar-refractivity contribution in [2.75, 3.05) is 18.1 Å². The van der Waals surface area contributed by atoms with Crippen LogP contribution in [0.5, 0.6) is 0 Å². The van der Waals surface area contributed by atoms with Crippen LogP contribution in [0.3, 0.4) is 0 Å². The highest BCUT2D eigenvalue weighted by Crippen LogP contribution is 2.45. The van der Waals surface area contributed by atoms with Crippen LogP contribution in [0.4, 0.5) is 5.69 Å². The minimum absolute atomic E-state index is 0.0307. The van der Waals surface area contributed by atoms with E-state index in [0.29, 0.717) is 5.56 Å². The number of hydrogen-bond donors (Lipinski definition) is 0. The number of ether oxygens (including phenoxy) is 1. The van der Waals surface area contributed by atoms with Crippen LogP contribution in [0.1, 0.15) is 24.2 Å². The van der Waals surface area contributed by atoms with Gasteiger partial charge in [0.2, 0.25) is 0 Å². The Morgan fingerprint density at radius 3 is 2.44 bits per heavy atom. The molecule has 0 aromatic heterocycles. The lowest BCUT2D eigenvalue weighted by Gasteiger charge is -2.17. The van der Waals surface area contributed by atoms with E-state index in [1.165, 1.54) is 0 Å². The van der Waals surface area contributed by atoms with Crippen LogP contribution in [0.25, 0.3) is 0 Å². The SMILES string of the molecule is CCOC(=O)/C(=C/C=C1\Sc2ccccc2N1CC)C(=O)c1ccccc1. The van der Waals surface area contributed by atoms with Gasteiger partial charge >= 0.3 is 5.97 Å². The van der Waals surface area contributed by atoms with Crippen molar-refractivity contribution < 1.29 is 14.3 Å². The van der Waals surface area contributed by atoms with Crippen LogP contribution in [-0.2, 0) is 9.53 Å². The molecule has 0 saturated heterocycles. The van der Waals surface area contributed by atoms with E-state index in [-0.39, 0.29) is 18.0 Å². The van der Waals surface area contributed by atoms with Crippen molar-refractivity contribution in [3.8, 4) is 0 Å². The van der Waals surface area contributed by atoms with Gasteiger partial charge in [0, 0.05) is 17.0 Å². The van der Waals surface area contributed by atoms with Gasteiger partial charge in [0.25, 0.3) is 0 Å². The van der Waals surface area contributed by atoms with E-state index < -0.39 is 5.97 Å². The Hall–Kier alpha value is -2.79. The molecule has 0 radical (unpaired) electrons. The van der Waals surface area contributed by atoms with Gasteiger partial charge in [-0.1, -0.05) is 54.2 Å². The van der Waals surface area contributed by atoms with Crippen molar-refractivity contribution in [3.05, 3.63) is 82.9 Å². The van der Waals surface area contributed by atoms with Crippen LogP contribution in [-0.4, -0.2) is 24.9 Å². The third-order valence-corrected chi connectivity index (χ3v) is 5.25. The zero-order valence-corrected chi connectivity index (χ0v) is 16.2. The first-order chi connectivity index (χ1) is 13.2. The van der Waals surface area contributed by atoms with Crippen molar-refractivity contribution in [1.29, 1.82) is 0 Å². The Labute approximate surface area is 163 Å². The fraction of sp³-hybridized carbons (Fsp3) is 0.182. The molecule has 0 saturated carbocycles. The summed E-state index contributed by atoms with van der Waals surface area (Å²) in [6.07, 6.45) is 3.39. The molecule has 0 N–H and O–H groups in total. The second-order valence-corrected chi connectivity index (χ2v) is 6.88. The van der Waals surface area contributed by atoms with Gasteiger partial charge in [-0.25, -0.2) is 4.79 Å². The molecular formula is C22H21NO3S. The molecule has 138 valence electrons. The molecule has 0 aliphatic carbocycles. The molecule has 5 heteroatoms. The lowest BCUT2D eigenvalue weighted by Crippen LogP contribution is -2.17. The van der Waals surface area contributed by atoms with Crippen LogP contribution in [0.2, 0.25) is 0 Å². The topological polar surface area (TPSA) is 46.6 Å². The number of para-hydroxylation sites is 1. The zero-order valence-electron chi connectivity index (χ0n) is 15.3. The molecule has 0 fully saturated rings. The molecule has 0 atom stereocenters. The lowest BCUT2D eigenvalue weighted by molar-refractivity contribution is -0.138. The van der Waals surface area contributed by atoms with Crippen LogP contribution in [0, 0.1) is 0 Å². The summed E-state index contributed by atoms with van der Waals surface area (Å²) in [7, 11) is 0. The number of carbonyl (C=O) groups is 2. The Morgan fingerprint density at radius 1 is 1.04 bits per heavy atom. The predicted molar refractivity (Wildman–Crippen MR) is 109 cm³/mol. The summed E-state index contributed by atoms with van der Waals surface area (Å²) in [4.78, 5) is 28.5. The molecule has 0 bridgehead atoms. The number of hydrogen-bond acceptors (Lipinski definition) is 5. The summed E-state index contributed by atoms with van der Waals surface area (Å²) in [5.74, 6) is -0.943. The minimum atomic E-state index is -0.605. The highest BCUT2D eigenvalue weighted by molar-refractivity contribution is 8.03. The third kappa shape index (κ3) is 4.14. The maximum Gasteiger partial charge on any atom is 0.342 e. The first kappa shape index (κ1) is 19.0. The standard InChI is InChI=1S/C22H21NO3S/c1-3-23-18-12-8-9-13-19(18)27-20(23)15-14-17(22(25)26-4-2)21(24)16-10-6-5-7-11-16/h5-15H,3-4H2,1-2H3/b17-14+,20-15-. The molecular weight excluding hydrogens is 358 g/mol. The van der Waals surface area contributed by atoms with Gasteiger partial charge in [0.1, 0.15) is 5.57 Å². The zero-order chi connectivity index (χ0) is 19.2. The van der Waals surface area contributed by atoms with E-state index in [4.69, 9.17) is 4.74 Å². The van der Waals surface area contributed by atoms with Gasteiger partial charge < -0.3 is 9.64 Å². The molecule has 3 rings (SSSR count). The van der Waals surface area contributed by atoms with Crippen molar-refractivity contribution in [2.24, 2.45) is 0 Å². The van der Waals surface area contributed by atoms with E-state index in [1.54, 1.807) is 49.0 Å². The smallest absolute Gasteiger partial charge is 0.342 e. The first-order valence-corrected chi connectivity index (χ1v) is 9.70. The fourth-order valence-electron chi connectivity index (χ4n) is 2.85. The van der Waals surface area contributed by atoms with E-state index >= 15 is 0 Å². The van der Waals surface area contributed by atoms with Crippen molar-refractivity contribution in [1.82, 2.24) is 0 Å². The van der Waals surface area contributed by atoms with Crippen LogP contribution >= 0.6 is 11.8 Å². The predicted octanol–water partition coefficient (Wildman–Crippen LogP) is 4.83. The number of anilines is 1. The number of thioether (sulfide) groups is 1. The molecule has 0 spiro atoms. The number of esters is 1. The molecule has 1 aliphatic heterocycles. The van der Waals surface area contributed by atoms with Gasteiger partial charge in [-0.3, -0.25) is 4.79 Å². The number of allylic oxidation sites excluding steroid dienone is 2. The van der Waals surface area contributed by atoms with Crippen molar-refractivity contribution in [2.45, 2.75) is 18.7 Å². The Morgan fingerprint density at radius 2 is 1.74 bits per heavy atom. The second kappa shape index (κ2) is 8.73. The average Bonchev–Trinajstić information content (AvgIpc) is 3.06. The molecule has 0 unspecified atom stereocenters. The number of rotatable bonds is 6. The highest BCUT2D eigenvalue weighted by atomic mass is 32.2. The molecule has 2 aromatic carbocycles. The molecule has 2 aromatic rings. The number of carbonyl (C=O) groups excluding carboxylic acids is 2. The van der Waals surface area contributed by atoms with Crippen LogP contribution < -0.4 is 4.90 Å². The monoisotopic (exact) mass is 379 g/mol. The number of benzene rings is 2. The summed E-state index contributed by atoms with van der Waals surface area (Å²) in [5, 5.41) is 0.973. The van der Waals surface area contributed by atoms with E-state index in [0.717, 1.165) is 22.2 Å². The summed E-state index contributed by atoms with van der Waals surface area (Å²) >= 11 is 1.62. The van der Waals surface area contributed by atoms with Gasteiger partial charge in [-0.2, -0.15) is 0 Å². The van der Waals surface area contributed by atoms with Gasteiger partial charge in [-0.15, -0.1) is 0 Å². The van der Waals surface area contributed by atoms with Crippen molar-refractivity contribution >= 4 is 29.2 Å². The van der Waals surface area contributed by atoms with Crippen molar-refractivity contribution in [3.63, 3.8) is 0 Å². The van der Waals surface area contributed by atoms with Gasteiger partial charge in [-0.05, 0) is 38.1 Å². The summed E-state index contributed by atoms with van der Waals surface area (Å²) < 4.78 is 5.10. The number of Topliss-reactive ketones (excluding diaryl/α,β-unsaturated/α-hetero) is 1. The summed E-state index contributed by atoms with van der Waals surface area (Å²) in [6, 6.07) is 16.9. The Balaban J connectivity index is 1.95. The largest absolute Gasteiger partial charge is 0.462 e. The maximum absolute atomic E-state index is 12.8. The number of ketones is 1. The number of fused-ring (bicyclic) bond motifs is 1. The molecule has 1 heterocycles. The summed E-state index contributed by atoms with van der Waals surface area (Å²) in [5.41, 5.74) is 1.63. The van der Waals surface area contributed by atoms with E-state index in [2.05, 4.69) is 24.0 Å². The van der Waals surface area contributed by atoms with E-state index in [9.17, 15) is 9.59 Å². The average molecular weight is 379 g/mol. The molecule has 4 nitrogen and oxygen atoms in total. The Bertz CT molecular complexity index is 903. The van der Waals surface area contributed by atoms with Gasteiger partial charge in [0.05, 0.1) is 17.3 Å². The maximum atomic E-state index is 12.8.